The molecular weight excluding hydrogens is 268 g/mol. The van der Waals surface area contributed by atoms with Crippen LogP contribution in [0.2, 0.25) is 0 Å². The minimum Gasteiger partial charge on any atom is -0.310 e. The van der Waals surface area contributed by atoms with E-state index in [1.807, 2.05) is 12.3 Å². The molecule has 4 nitrogen and oxygen atoms in total. The Kier molecular flexibility index (Phi) is 6.28. The predicted octanol–water partition coefficient (Wildman–Crippen LogP) is 2.32. The zero-order chi connectivity index (χ0) is 13.6. The van der Waals surface area contributed by atoms with Gasteiger partial charge in [0, 0.05) is 19.1 Å². The molecule has 104 valence electrons. The quantitative estimate of drug-likeness (QED) is 0.722. The molecule has 0 saturated carbocycles. The molecule has 0 radical (unpaired) electrons. The third-order valence-electron chi connectivity index (χ3n) is 2.43. The highest BCUT2D eigenvalue weighted by molar-refractivity contribution is 7.91. The second-order valence-corrected chi connectivity index (χ2v) is 7.47. The fraction of sp³-hybridized carbons (Fsp3) is 0.667. The van der Waals surface area contributed by atoms with Crippen LogP contribution in [0.4, 0.5) is 0 Å². The lowest BCUT2D eigenvalue weighted by Crippen LogP contribution is -2.24. The van der Waals surface area contributed by atoms with Gasteiger partial charge >= 0.3 is 0 Å². The number of hydrogen-bond donors (Lipinski definition) is 2. The fourth-order valence-electron chi connectivity index (χ4n) is 1.36. The summed E-state index contributed by atoms with van der Waals surface area (Å²) in [4.78, 5) is 0. The van der Waals surface area contributed by atoms with Crippen LogP contribution < -0.4 is 10.0 Å². The largest absolute Gasteiger partial charge is 0.310 e. The maximum atomic E-state index is 11.9. The zero-order valence-corrected chi connectivity index (χ0v) is 12.8. The number of thiophene rings is 1. The molecule has 18 heavy (non-hydrogen) atoms. The summed E-state index contributed by atoms with van der Waals surface area (Å²) < 4.78 is 26.9. The summed E-state index contributed by atoms with van der Waals surface area (Å²) in [7, 11) is -3.31. The van der Waals surface area contributed by atoms with E-state index in [2.05, 4.69) is 23.9 Å². The number of nitrogens with one attached hydrogen (secondary N) is 2. The molecule has 0 amide bonds. The number of sulfonamides is 1. The van der Waals surface area contributed by atoms with E-state index in [9.17, 15) is 8.42 Å². The van der Waals surface area contributed by atoms with Gasteiger partial charge in [-0.3, -0.25) is 0 Å². The molecule has 0 aromatic carbocycles. The Labute approximate surface area is 114 Å². The Bertz CT molecular complexity index is 452. The number of unbranched alkanes of at least 4 members (excludes halogenated alkanes) is 1. The van der Waals surface area contributed by atoms with Gasteiger partial charge in [-0.05, 0) is 23.4 Å². The van der Waals surface area contributed by atoms with Crippen molar-refractivity contribution in [2.75, 3.05) is 6.54 Å². The third-order valence-corrected chi connectivity index (χ3v) is 5.38. The lowest BCUT2D eigenvalue weighted by Gasteiger charge is -2.05. The van der Waals surface area contributed by atoms with Crippen LogP contribution in [0.5, 0.6) is 0 Å². The molecule has 0 aliphatic carbocycles. The molecule has 0 unspecified atom stereocenters. The van der Waals surface area contributed by atoms with E-state index in [0.29, 0.717) is 23.3 Å². The van der Waals surface area contributed by atoms with Crippen molar-refractivity contribution in [3.63, 3.8) is 0 Å². The highest BCUT2D eigenvalue weighted by atomic mass is 32.2. The maximum Gasteiger partial charge on any atom is 0.250 e. The van der Waals surface area contributed by atoms with Gasteiger partial charge in [0.25, 0.3) is 0 Å². The van der Waals surface area contributed by atoms with Crippen molar-refractivity contribution in [1.29, 1.82) is 0 Å². The summed E-state index contributed by atoms with van der Waals surface area (Å²) in [5.41, 5.74) is 1.02. The molecular formula is C12H22N2O2S2. The van der Waals surface area contributed by atoms with Crippen molar-refractivity contribution in [2.45, 2.75) is 50.4 Å². The Morgan fingerprint density at radius 2 is 2.11 bits per heavy atom. The van der Waals surface area contributed by atoms with Gasteiger partial charge in [-0.1, -0.05) is 27.2 Å². The van der Waals surface area contributed by atoms with Gasteiger partial charge in [0.1, 0.15) is 4.21 Å². The van der Waals surface area contributed by atoms with Crippen LogP contribution in [0.25, 0.3) is 0 Å². The van der Waals surface area contributed by atoms with E-state index in [0.717, 1.165) is 18.4 Å². The highest BCUT2D eigenvalue weighted by Gasteiger charge is 2.15. The molecule has 1 aromatic rings. The minimum atomic E-state index is -3.31. The van der Waals surface area contributed by atoms with E-state index < -0.39 is 10.0 Å². The van der Waals surface area contributed by atoms with Crippen molar-refractivity contribution in [3.8, 4) is 0 Å². The Morgan fingerprint density at radius 3 is 2.72 bits per heavy atom. The summed E-state index contributed by atoms with van der Waals surface area (Å²) >= 11 is 1.28. The minimum absolute atomic E-state index is 0.396. The van der Waals surface area contributed by atoms with Crippen LogP contribution in [0.15, 0.2) is 15.7 Å². The first kappa shape index (κ1) is 15.6. The normalized spacial score (nSPS) is 12.2. The van der Waals surface area contributed by atoms with Crippen LogP contribution in [0, 0.1) is 0 Å². The fourth-order valence-corrected chi connectivity index (χ4v) is 3.69. The summed E-state index contributed by atoms with van der Waals surface area (Å²) in [6.07, 6.45) is 1.85. The molecule has 1 heterocycles. The van der Waals surface area contributed by atoms with E-state index >= 15 is 0 Å². The summed E-state index contributed by atoms with van der Waals surface area (Å²) in [6, 6.07) is 2.14. The molecule has 0 atom stereocenters. The SMILES string of the molecule is CCCCNS(=O)(=O)c1cc(CNC(C)C)cs1. The van der Waals surface area contributed by atoms with Crippen molar-refractivity contribution in [3.05, 3.63) is 17.0 Å². The molecule has 1 rings (SSSR count). The summed E-state index contributed by atoms with van der Waals surface area (Å²) in [6.45, 7) is 7.39. The molecule has 0 spiro atoms. The van der Waals surface area contributed by atoms with Crippen molar-refractivity contribution in [2.24, 2.45) is 0 Å². The topological polar surface area (TPSA) is 58.2 Å². The van der Waals surface area contributed by atoms with Crippen LogP contribution in [-0.2, 0) is 16.6 Å². The second-order valence-electron chi connectivity index (χ2n) is 4.56. The lowest BCUT2D eigenvalue weighted by atomic mass is 10.3. The standard InChI is InChI=1S/C12H22N2O2S2/c1-4-5-6-14-18(15,16)12-7-11(9-17-12)8-13-10(2)3/h7,9-10,13-14H,4-6,8H2,1-3H3. The van der Waals surface area contributed by atoms with Crippen molar-refractivity contribution < 1.29 is 8.42 Å². The van der Waals surface area contributed by atoms with E-state index in [-0.39, 0.29) is 0 Å². The molecule has 6 heteroatoms. The highest BCUT2D eigenvalue weighted by Crippen LogP contribution is 2.20. The summed E-state index contributed by atoms with van der Waals surface area (Å²) in [5.74, 6) is 0. The van der Waals surface area contributed by atoms with Crippen LogP contribution >= 0.6 is 11.3 Å². The summed E-state index contributed by atoms with van der Waals surface area (Å²) in [5, 5.41) is 5.16. The van der Waals surface area contributed by atoms with Gasteiger partial charge in [0.2, 0.25) is 10.0 Å². The van der Waals surface area contributed by atoms with Crippen molar-refractivity contribution >= 4 is 21.4 Å². The molecule has 0 aliphatic rings. The van der Waals surface area contributed by atoms with Gasteiger partial charge in [-0.25, -0.2) is 13.1 Å². The molecule has 0 aliphatic heterocycles. The monoisotopic (exact) mass is 290 g/mol. The van der Waals surface area contributed by atoms with Gasteiger partial charge in [0.05, 0.1) is 0 Å². The van der Waals surface area contributed by atoms with Gasteiger partial charge in [0.15, 0.2) is 0 Å². The second kappa shape index (κ2) is 7.23. The van der Waals surface area contributed by atoms with E-state index in [4.69, 9.17) is 0 Å². The molecule has 2 N–H and O–H groups in total. The Balaban J connectivity index is 2.60. The lowest BCUT2D eigenvalue weighted by molar-refractivity contribution is 0.579. The average Bonchev–Trinajstić information content (AvgIpc) is 2.76. The van der Waals surface area contributed by atoms with E-state index in [1.165, 1.54) is 11.3 Å². The van der Waals surface area contributed by atoms with Crippen LogP contribution in [-0.4, -0.2) is 21.0 Å². The zero-order valence-electron chi connectivity index (χ0n) is 11.2. The first-order valence-corrected chi connectivity index (χ1v) is 8.62. The van der Waals surface area contributed by atoms with Crippen molar-refractivity contribution in [1.82, 2.24) is 10.0 Å². The van der Waals surface area contributed by atoms with E-state index in [1.54, 1.807) is 6.07 Å². The Hall–Kier alpha value is -0.430. The third kappa shape index (κ3) is 5.06. The average molecular weight is 290 g/mol. The molecule has 0 bridgehead atoms. The van der Waals surface area contributed by atoms with Gasteiger partial charge < -0.3 is 5.32 Å². The maximum absolute atomic E-state index is 11.9. The number of rotatable bonds is 8. The number of hydrogen-bond acceptors (Lipinski definition) is 4. The van der Waals surface area contributed by atoms with Gasteiger partial charge in [-0.2, -0.15) is 0 Å². The first-order valence-electron chi connectivity index (χ1n) is 6.26. The molecule has 1 aromatic heterocycles. The smallest absolute Gasteiger partial charge is 0.250 e. The first-order chi connectivity index (χ1) is 8.45. The molecule has 0 saturated heterocycles. The van der Waals surface area contributed by atoms with Crippen LogP contribution in [0.3, 0.4) is 0 Å². The van der Waals surface area contributed by atoms with Gasteiger partial charge in [-0.15, -0.1) is 11.3 Å². The Morgan fingerprint density at radius 1 is 1.39 bits per heavy atom. The molecule has 0 fully saturated rings. The predicted molar refractivity (Wildman–Crippen MR) is 76.4 cm³/mol. The van der Waals surface area contributed by atoms with Crippen LogP contribution in [0.1, 0.15) is 39.2 Å².